The molecule has 0 saturated carbocycles. The van der Waals surface area contributed by atoms with Gasteiger partial charge in [0.15, 0.2) is 0 Å². The van der Waals surface area contributed by atoms with E-state index in [-0.39, 0.29) is 5.92 Å². The van der Waals surface area contributed by atoms with Gasteiger partial charge in [-0.1, -0.05) is 38.1 Å². The van der Waals surface area contributed by atoms with Crippen LogP contribution in [-0.4, -0.2) is 40.9 Å². The summed E-state index contributed by atoms with van der Waals surface area (Å²) < 4.78 is 172. The summed E-state index contributed by atoms with van der Waals surface area (Å²) in [5.41, 5.74) is -3.05. The highest BCUT2D eigenvalue weighted by Gasteiger charge is 2.90. The summed E-state index contributed by atoms with van der Waals surface area (Å²) in [6.45, 7) is 3.96. The highest BCUT2D eigenvalue weighted by Crippen LogP contribution is 2.61. The second-order valence-corrected chi connectivity index (χ2v) is 7.88. The fraction of sp³-hybridized carbons (Fsp3) is 0.684. The third kappa shape index (κ3) is 4.76. The van der Waals surface area contributed by atoms with E-state index in [4.69, 9.17) is 0 Å². The minimum absolute atomic E-state index is 0.0639. The van der Waals surface area contributed by atoms with Gasteiger partial charge in [-0.3, -0.25) is 0 Å². The molecule has 0 fully saturated rings. The summed E-state index contributed by atoms with van der Waals surface area (Å²) in [7, 11) is 0. The van der Waals surface area contributed by atoms with Crippen molar-refractivity contribution in [1.29, 1.82) is 0 Å². The van der Waals surface area contributed by atoms with Gasteiger partial charge in [-0.2, -0.15) is 57.1 Å². The Kier molecular flexibility index (Phi) is 7.54. The largest absolute Gasteiger partial charge is 0.460 e. The van der Waals surface area contributed by atoms with Gasteiger partial charge in [-0.15, -0.1) is 0 Å². The van der Waals surface area contributed by atoms with E-state index in [0.29, 0.717) is 18.9 Å². The van der Waals surface area contributed by atoms with Crippen LogP contribution >= 0.6 is 0 Å². The number of aliphatic hydroxyl groups is 1. The SMILES string of the molecule is CCC(C)c1ccc(C(C)(O)CC(F)(F)C(F)(F)C(F)(F)C(F)(F)C(F)(F)C(F)(F)F)cc1. The van der Waals surface area contributed by atoms with Gasteiger partial charge in [0, 0.05) is 0 Å². The minimum atomic E-state index is -7.96. The maximum Gasteiger partial charge on any atom is 0.460 e. The predicted octanol–water partition coefficient (Wildman–Crippen LogP) is 7.54. The third-order valence-electron chi connectivity index (χ3n) is 5.28. The summed E-state index contributed by atoms with van der Waals surface area (Å²) in [4.78, 5) is 0. The first-order chi connectivity index (χ1) is 14.4. The van der Waals surface area contributed by atoms with Gasteiger partial charge in [-0.25, -0.2) is 0 Å². The van der Waals surface area contributed by atoms with Crippen LogP contribution in [-0.2, 0) is 5.60 Å². The Balaban J connectivity index is 3.39. The molecule has 0 aliphatic carbocycles. The van der Waals surface area contributed by atoms with E-state index in [9.17, 15) is 62.2 Å². The number of benzene rings is 1. The van der Waals surface area contributed by atoms with Gasteiger partial charge in [0.25, 0.3) is 0 Å². The van der Waals surface area contributed by atoms with E-state index in [1.807, 2.05) is 0 Å². The molecule has 2 unspecified atom stereocenters. The van der Waals surface area contributed by atoms with Crippen molar-refractivity contribution >= 4 is 0 Å². The van der Waals surface area contributed by atoms with Crippen molar-refractivity contribution in [2.24, 2.45) is 0 Å². The molecule has 0 aromatic heterocycles. The van der Waals surface area contributed by atoms with Gasteiger partial charge in [0.1, 0.15) is 0 Å². The molecule has 0 radical (unpaired) electrons. The fourth-order valence-corrected chi connectivity index (χ4v) is 2.85. The molecule has 0 saturated heterocycles. The molecule has 0 aliphatic heterocycles. The maximum atomic E-state index is 14.1. The van der Waals surface area contributed by atoms with Crippen molar-refractivity contribution < 1.29 is 62.2 Å². The summed E-state index contributed by atoms with van der Waals surface area (Å²) in [5, 5.41) is 10.2. The van der Waals surface area contributed by atoms with Crippen LogP contribution in [0.4, 0.5) is 57.1 Å². The zero-order valence-electron chi connectivity index (χ0n) is 17.2. The Labute approximate surface area is 179 Å². The van der Waals surface area contributed by atoms with E-state index in [0.717, 1.165) is 12.1 Å². The Hall–Kier alpha value is -1.73. The van der Waals surface area contributed by atoms with Crippen molar-refractivity contribution in [3.63, 3.8) is 0 Å². The monoisotopic (exact) mass is 510 g/mol. The minimum Gasteiger partial charge on any atom is -0.385 e. The number of alkyl halides is 13. The van der Waals surface area contributed by atoms with Gasteiger partial charge in [0.05, 0.1) is 12.0 Å². The molecule has 1 N–H and O–H groups in total. The molecule has 192 valence electrons. The van der Waals surface area contributed by atoms with Gasteiger partial charge in [0.2, 0.25) is 0 Å². The van der Waals surface area contributed by atoms with Gasteiger partial charge in [-0.05, 0) is 30.4 Å². The van der Waals surface area contributed by atoms with Crippen LogP contribution < -0.4 is 0 Å². The van der Waals surface area contributed by atoms with Crippen molar-refractivity contribution in [1.82, 2.24) is 0 Å². The smallest absolute Gasteiger partial charge is 0.385 e. The summed E-state index contributed by atoms with van der Waals surface area (Å²) >= 11 is 0. The zero-order valence-corrected chi connectivity index (χ0v) is 17.2. The average Bonchev–Trinajstić information content (AvgIpc) is 2.65. The van der Waals surface area contributed by atoms with Crippen LogP contribution in [0.15, 0.2) is 24.3 Å². The molecule has 0 aliphatic rings. The first kappa shape index (κ1) is 29.3. The van der Waals surface area contributed by atoms with E-state index in [1.54, 1.807) is 13.8 Å². The molecule has 0 spiro atoms. The van der Waals surface area contributed by atoms with Crippen LogP contribution in [0.2, 0.25) is 0 Å². The Morgan fingerprint density at radius 1 is 0.697 bits per heavy atom. The first-order valence-corrected chi connectivity index (χ1v) is 9.19. The standard InChI is InChI=1S/C19H19F13O/c1-4-10(2)11-5-7-12(8-6-11)13(3,33)9-14(20,21)15(22,23)16(24,25)17(26,27)18(28,29)19(30,31)32/h5-8,10,33H,4,9H2,1-3H3. The molecular formula is C19H19F13O. The van der Waals surface area contributed by atoms with Crippen molar-refractivity contribution in [2.45, 2.75) is 80.9 Å². The number of hydrogen-bond acceptors (Lipinski definition) is 1. The predicted molar refractivity (Wildman–Crippen MR) is 90.1 cm³/mol. The summed E-state index contributed by atoms with van der Waals surface area (Å²) in [6, 6.07) is 4.47. The molecule has 14 heteroatoms. The average molecular weight is 510 g/mol. The molecule has 1 nitrogen and oxygen atoms in total. The van der Waals surface area contributed by atoms with Crippen LogP contribution in [0.1, 0.15) is 50.7 Å². The van der Waals surface area contributed by atoms with Crippen LogP contribution in [0.5, 0.6) is 0 Å². The lowest BCUT2D eigenvalue weighted by Gasteiger charge is -2.41. The first-order valence-electron chi connectivity index (χ1n) is 9.19. The third-order valence-corrected chi connectivity index (χ3v) is 5.28. The Morgan fingerprint density at radius 2 is 1.09 bits per heavy atom. The Morgan fingerprint density at radius 3 is 1.45 bits per heavy atom. The molecule has 2 atom stereocenters. The molecule has 33 heavy (non-hydrogen) atoms. The number of rotatable bonds is 9. The molecule has 0 amide bonds. The van der Waals surface area contributed by atoms with Crippen LogP contribution in [0, 0.1) is 0 Å². The number of hydrogen-bond donors (Lipinski definition) is 1. The molecule has 1 rings (SSSR count). The fourth-order valence-electron chi connectivity index (χ4n) is 2.85. The van der Waals surface area contributed by atoms with Crippen molar-refractivity contribution in [2.75, 3.05) is 0 Å². The quantitative estimate of drug-likeness (QED) is 0.341. The molecule has 0 bridgehead atoms. The summed E-state index contributed by atoms with van der Waals surface area (Å²) in [6.07, 6.45) is -9.56. The topological polar surface area (TPSA) is 20.2 Å². The van der Waals surface area contributed by atoms with Crippen molar-refractivity contribution in [3.8, 4) is 0 Å². The normalized spacial score (nSPS) is 17.6. The van der Waals surface area contributed by atoms with Crippen LogP contribution in [0.25, 0.3) is 0 Å². The van der Waals surface area contributed by atoms with Crippen molar-refractivity contribution in [3.05, 3.63) is 35.4 Å². The molecular weight excluding hydrogens is 491 g/mol. The highest BCUT2D eigenvalue weighted by molar-refractivity contribution is 5.29. The summed E-state index contributed by atoms with van der Waals surface area (Å²) in [5.74, 6) is -37.5. The molecule has 0 heterocycles. The van der Waals surface area contributed by atoms with E-state index in [1.165, 1.54) is 12.1 Å². The second-order valence-electron chi connectivity index (χ2n) is 7.88. The lowest BCUT2D eigenvalue weighted by Crippen LogP contribution is -2.70. The lowest BCUT2D eigenvalue weighted by atomic mass is 9.83. The molecule has 1 aromatic carbocycles. The van der Waals surface area contributed by atoms with E-state index >= 15 is 0 Å². The Bertz CT molecular complexity index is 810. The zero-order chi connectivity index (χ0) is 26.5. The lowest BCUT2D eigenvalue weighted by molar-refractivity contribution is -0.441. The van der Waals surface area contributed by atoms with Gasteiger partial charge < -0.3 is 5.11 Å². The van der Waals surface area contributed by atoms with Gasteiger partial charge >= 0.3 is 35.8 Å². The maximum absolute atomic E-state index is 14.1. The van der Waals surface area contributed by atoms with E-state index in [2.05, 4.69) is 0 Å². The van der Waals surface area contributed by atoms with E-state index < -0.39 is 53.4 Å². The highest BCUT2D eigenvalue weighted by atomic mass is 19.4. The van der Waals surface area contributed by atoms with Crippen LogP contribution in [0.3, 0.4) is 0 Å². The molecule has 1 aromatic rings. The second kappa shape index (κ2) is 8.49. The number of halogens is 13.